The van der Waals surface area contributed by atoms with Crippen molar-refractivity contribution in [3.8, 4) is 5.40 Å². The molecule has 2 aromatic heterocycles. The predicted octanol–water partition coefficient (Wildman–Crippen LogP) is 2.70. The first-order valence-corrected chi connectivity index (χ1v) is 10.2. The van der Waals surface area contributed by atoms with Gasteiger partial charge in [-0.25, -0.2) is 4.98 Å². The number of hydrogen-bond donors (Lipinski definition) is 0. The second-order valence-electron chi connectivity index (χ2n) is 3.64. The number of halogens is 5. The van der Waals surface area contributed by atoms with Crippen molar-refractivity contribution in [2.24, 2.45) is 0 Å². The van der Waals surface area contributed by atoms with Crippen LogP contribution in [-0.2, 0) is 4.79 Å². The molecule has 0 fully saturated rings. The highest BCUT2D eigenvalue weighted by atomic mass is 35.5. The molecule has 0 atom stereocenters. The summed E-state index contributed by atoms with van der Waals surface area (Å²) in [6.45, 7) is 5.36. The number of rotatable bonds is 2. The normalized spacial score (nSPS) is 7.60. The quantitative estimate of drug-likeness (QED) is 0.465. The Bertz CT molecular complexity index is 530. The maximum Gasteiger partial charge on any atom is 0.331 e. The van der Waals surface area contributed by atoms with Crippen molar-refractivity contribution in [1.29, 1.82) is 5.26 Å². The van der Waals surface area contributed by atoms with E-state index < -0.39 is 0 Å². The van der Waals surface area contributed by atoms with E-state index >= 15 is 0 Å². The number of carbonyl (C=O) groups excluding carboxylic acids is 1. The highest BCUT2D eigenvalue weighted by Crippen LogP contribution is 2.13. The van der Waals surface area contributed by atoms with Crippen LogP contribution < -0.4 is 17.4 Å². The molecule has 0 aliphatic carbocycles. The van der Waals surface area contributed by atoms with E-state index in [1.807, 2.05) is 24.6 Å². The summed E-state index contributed by atoms with van der Waals surface area (Å²) in [5.41, 5.74) is 2.12. The van der Waals surface area contributed by atoms with Crippen LogP contribution in [0.3, 0.4) is 0 Å². The van der Waals surface area contributed by atoms with E-state index in [9.17, 15) is 4.79 Å². The van der Waals surface area contributed by atoms with Crippen LogP contribution >= 0.6 is 81.6 Å². The Morgan fingerprint density at radius 1 is 1.32 bits per heavy atom. The van der Waals surface area contributed by atoms with E-state index in [4.69, 9.17) is 28.5 Å². The van der Waals surface area contributed by atoms with Crippen LogP contribution in [0.1, 0.15) is 18.3 Å². The molecule has 0 bridgehead atoms. The Morgan fingerprint density at radius 3 is 2.00 bits per heavy atom. The van der Waals surface area contributed by atoms with Crippen LogP contribution in [0.15, 0.2) is 10.8 Å². The minimum atomic E-state index is 0. The second kappa shape index (κ2) is 22.3. The number of alkyl halides is 1. The first-order chi connectivity index (χ1) is 10.8. The Morgan fingerprint density at radius 2 is 1.88 bits per heavy atom. The van der Waals surface area contributed by atoms with Crippen molar-refractivity contribution >= 4 is 87.4 Å². The number of aryl methyl sites for hydroxylation is 2. The van der Waals surface area contributed by atoms with Gasteiger partial charge in [0, 0.05) is 36.0 Å². The number of nitrogens with zero attached hydrogens (tertiary/aromatic N) is 2. The van der Waals surface area contributed by atoms with Gasteiger partial charge in [-0.05, 0) is 25.6 Å². The number of thioether (sulfide) groups is 1. The number of thiazole rings is 2. The Kier molecular flexibility index (Phi) is 29.3. The van der Waals surface area contributed by atoms with Crippen molar-refractivity contribution in [2.75, 3.05) is 12.1 Å². The van der Waals surface area contributed by atoms with Crippen LogP contribution in [-0.4, -0.2) is 22.9 Å². The van der Waals surface area contributed by atoms with Gasteiger partial charge >= 0.3 is 4.47 Å². The fraction of sp³-hybridized carbons (Fsp3) is 0.385. The minimum absolute atomic E-state index is 0. The lowest BCUT2D eigenvalue weighted by Crippen LogP contribution is -3.00. The van der Waals surface area contributed by atoms with Gasteiger partial charge < -0.3 is 12.4 Å². The summed E-state index contributed by atoms with van der Waals surface area (Å²) in [7, 11) is 0. The third-order valence-corrected chi connectivity index (χ3v) is 4.48. The van der Waals surface area contributed by atoms with Gasteiger partial charge in [0.25, 0.3) is 0 Å². The summed E-state index contributed by atoms with van der Waals surface area (Å²) in [5.74, 6) is 0.364. The summed E-state index contributed by atoms with van der Waals surface area (Å²) in [6.07, 6.45) is 1.47. The van der Waals surface area contributed by atoms with Gasteiger partial charge in [-0.1, -0.05) is 22.9 Å². The van der Waals surface area contributed by atoms with Crippen molar-refractivity contribution < 1.29 is 22.2 Å². The number of carbonyl (C=O) groups is 1. The third kappa shape index (κ3) is 24.2. The lowest BCUT2D eigenvalue weighted by molar-refractivity contribution is -0.377. The van der Waals surface area contributed by atoms with Crippen molar-refractivity contribution in [1.82, 2.24) is 4.98 Å². The van der Waals surface area contributed by atoms with Gasteiger partial charge in [-0.2, -0.15) is 10.2 Å². The number of H-pyrrole nitrogens is 1. The van der Waals surface area contributed by atoms with Gasteiger partial charge in [-0.3, -0.25) is 4.79 Å². The molecule has 1 N–H and O–H groups in total. The van der Waals surface area contributed by atoms with E-state index in [0.29, 0.717) is 10.2 Å². The molecule has 0 aliphatic heterocycles. The molecule has 25 heavy (non-hydrogen) atoms. The number of nitrogens with one attached hydrogen (secondary N) is 1. The first kappa shape index (κ1) is 32.9. The molecule has 12 heteroatoms. The maximum atomic E-state index is 10.0. The molecule has 0 radical (unpaired) electrons. The van der Waals surface area contributed by atoms with Crippen LogP contribution in [0.4, 0.5) is 0 Å². The van der Waals surface area contributed by atoms with E-state index in [0.717, 1.165) is 27.6 Å². The Hall–Kier alpha value is 0.220. The summed E-state index contributed by atoms with van der Waals surface area (Å²) in [4.78, 5) is 16.8. The zero-order chi connectivity index (χ0) is 18.3. The molecule has 0 spiro atoms. The Labute approximate surface area is 188 Å². The lowest BCUT2D eigenvalue weighted by Gasteiger charge is -1.78. The Balaban J connectivity index is -0.000000121. The molecule has 0 amide bonds. The zero-order valence-electron chi connectivity index (χ0n) is 13.8. The summed E-state index contributed by atoms with van der Waals surface area (Å²) < 4.78 is 1.37. The molecule has 0 saturated heterocycles. The highest BCUT2D eigenvalue weighted by Gasteiger charge is 1.98. The topological polar surface area (TPSA) is 67.9 Å². The fourth-order valence-electron chi connectivity index (χ4n) is 0.813. The molecule has 0 saturated carbocycles. The van der Waals surface area contributed by atoms with Crippen LogP contribution in [0.2, 0.25) is 8.93 Å². The largest absolute Gasteiger partial charge is 1.00 e. The molecule has 2 aromatic rings. The molecular weight excluding hydrogens is 488 g/mol. The summed E-state index contributed by atoms with van der Waals surface area (Å²) in [6, 6.07) is 0. The average molecular weight is 506 g/mol. The lowest BCUT2D eigenvalue weighted by atomic mass is 10.5. The van der Waals surface area contributed by atoms with Crippen molar-refractivity contribution in [3.63, 3.8) is 0 Å². The molecule has 2 heterocycles. The zero-order valence-corrected chi connectivity index (χ0v) is 20.1. The number of thiocyanates is 1. The monoisotopic (exact) mass is 503 g/mol. The summed E-state index contributed by atoms with van der Waals surface area (Å²) in [5, 5.41) is 13.6. The molecule has 0 aromatic carbocycles. The van der Waals surface area contributed by atoms with E-state index in [1.165, 1.54) is 36.0 Å². The van der Waals surface area contributed by atoms with Crippen LogP contribution in [0, 0.1) is 24.5 Å². The fourth-order valence-corrected chi connectivity index (χ4v) is 2.71. The maximum absolute atomic E-state index is 10.0. The standard InChI is InChI=1S/2C4H4ClNS.C4H5NOS.CH3Cl.2ClH/c2*1-3-2-7-4(5)6-3;1-4(6)2-7-3-5;1-2;;/h2*2H,1H3;2H2,1H3;1H3;2*1H. The molecule has 0 aliphatic rings. The van der Waals surface area contributed by atoms with E-state index in [1.54, 1.807) is 5.40 Å². The minimum Gasteiger partial charge on any atom is -1.00 e. The van der Waals surface area contributed by atoms with Crippen molar-refractivity contribution in [3.05, 3.63) is 31.1 Å². The van der Waals surface area contributed by atoms with Gasteiger partial charge in [-0.15, -0.1) is 35.3 Å². The number of aromatic nitrogens is 2. The average Bonchev–Trinajstić information content (AvgIpc) is 3.07. The molecular formula is C13H18Cl5N3OS3. The van der Waals surface area contributed by atoms with Gasteiger partial charge in [0.2, 0.25) is 0 Å². The molecule has 0 unspecified atom stereocenters. The van der Waals surface area contributed by atoms with Gasteiger partial charge in [0.15, 0.2) is 10.2 Å². The number of hydrogen-bond acceptors (Lipinski definition) is 6. The number of nitriles is 1. The van der Waals surface area contributed by atoms with Gasteiger partial charge in [0.05, 0.1) is 11.1 Å². The smallest absolute Gasteiger partial charge is 0.331 e. The molecule has 4 nitrogen and oxygen atoms in total. The second-order valence-corrected chi connectivity index (χ2v) is 7.32. The SMILES string of the molecule is CC(=O)CSC#N.CCl.Cc1csc(Cl)[nH+]1.Cc1csc(Cl)n1.Cl.[Cl-]. The molecule has 144 valence electrons. The molecule has 2 rings (SSSR count). The third-order valence-electron chi connectivity index (χ3n) is 1.57. The number of Topliss-reactive ketones (excluding diaryl/α,β-unsaturated/α-hetero) is 1. The van der Waals surface area contributed by atoms with Gasteiger partial charge in [0.1, 0.15) is 11.2 Å². The highest BCUT2D eigenvalue weighted by molar-refractivity contribution is 8.04. The summed E-state index contributed by atoms with van der Waals surface area (Å²) >= 11 is 19.6. The number of aromatic amines is 1. The van der Waals surface area contributed by atoms with Crippen molar-refractivity contribution in [2.45, 2.75) is 20.8 Å². The van der Waals surface area contributed by atoms with Crippen LogP contribution in [0.25, 0.3) is 0 Å². The van der Waals surface area contributed by atoms with E-state index in [-0.39, 0.29) is 30.6 Å². The predicted molar refractivity (Wildman–Crippen MR) is 110 cm³/mol. The van der Waals surface area contributed by atoms with Crippen LogP contribution in [0.5, 0.6) is 0 Å². The van der Waals surface area contributed by atoms with E-state index in [2.05, 4.69) is 21.6 Å². The number of ketones is 1. The first-order valence-electron chi connectivity index (χ1n) is 5.93.